The van der Waals surface area contributed by atoms with Crippen molar-refractivity contribution < 1.29 is 24.3 Å². The zero-order valence-corrected chi connectivity index (χ0v) is 14.6. The van der Waals surface area contributed by atoms with E-state index in [0.29, 0.717) is 16.1 Å². The van der Waals surface area contributed by atoms with E-state index in [9.17, 15) is 24.3 Å². The minimum atomic E-state index is -1.33. The Morgan fingerprint density at radius 3 is 2.35 bits per heavy atom. The van der Waals surface area contributed by atoms with Crippen LogP contribution in [0.3, 0.4) is 0 Å². The van der Waals surface area contributed by atoms with E-state index < -0.39 is 17.1 Å². The molecule has 0 aliphatic carbocycles. The summed E-state index contributed by atoms with van der Waals surface area (Å²) in [5.74, 6) is -2.22. The summed E-state index contributed by atoms with van der Waals surface area (Å²) in [6.07, 6.45) is -0.0284. The molecule has 1 aliphatic heterocycles. The number of carbonyl (C=O) groups excluding carboxylic acids is 4. The van der Waals surface area contributed by atoms with Gasteiger partial charge in [-0.15, -0.1) is 11.8 Å². The van der Waals surface area contributed by atoms with Gasteiger partial charge in [-0.1, -0.05) is 18.2 Å². The summed E-state index contributed by atoms with van der Waals surface area (Å²) in [4.78, 5) is 49.0. The molecule has 2 aromatic carbocycles. The van der Waals surface area contributed by atoms with Crippen LogP contribution in [-0.4, -0.2) is 28.8 Å². The van der Waals surface area contributed by atoms with E-state index in [-0.39, 0.29) is 23.7 Å². The molecule has 0 bridgehead atoms. The molecule has 0 radical (unpaired) electrons. The Kier molecular flexibility index (Phi) is 4.90. The van der Waals surface area contributed by atoms with Gasteiger partial charge in [-0.2, -0.15) is 0 Å². The highest BCUT2D eigenvalue weighted by molar-refractivity contribution is 8.00. The standard InChI is InChI=1S/C19H15NO5S/c1-11(21)12-6-8-13(9-7-12)20-17(22)10-16(18(20)23)26-15-5-3-2-4-14(15)19(24)25/h2-9,16H,10H2,1H3,(H,24,25)/p-1/t16-/m1/s1. The summed E-state index contributed by atoms with van der Waals surface area (Å²) in [5.41, 5.74) is 0.866. The molecule has 1 aliphatic rings. The number of anilines is 1. The second-order valence-electron chi connectivity index (χ2n) is 5.76. The van der Waals surface area contributed by atoms with Crippen molar-refractivity contribution in [3.8, 4) is 0 Å². The normalized spacial score (nSPS) is 16.8. The number of ketones is 1. The molecule has 2 aromatic rings. The van der Waals surface area contributed by atoms with E-state index in [1.807, 2.05) is 0 Å². The van der Waals surface area contributed by atoms with E-state index in [1.165, 1.54) is 13.0 Å². The van der Waals surface area contributed by atoms with Crippen LogP contribution in [0.25, 0.3) is 0 Å². The second kappa shape index (κ2) is 7.13. The molecule has 2 amide bonds. The SMILES string of the molecule is CC(=O)c1ccc(N2C(=O)C[C@@H](Sc3ccccc3C(=O)[O-])C2=O)cc1. The topological polar surface area (TPSA) is 94.6 Å². The van der Waals surface area contributed by atoms with E-state index in [4.69, 9.17) is 0 Å². The first-order valence-corrected chi connectivity index (χ1v) is 8.71. The lowest BCUT2D eigenvalue weighted by Gasteiger charge is -2.16. The minimum Gasteiger partial charge on any atom is -0.545 e. The van der Waals surface area contributed by atoms with Gasteiger partial charge in [0.15, 0.2) is 5.78 Å². The van der Waals surface area contributed by atoms with Crippen molar-refractivity contribution in [3.63, 3.8) is 0 Å². The number of carboxylic acids is 1. The quantitative estimate of drug-likeness (QED) is 0.589. The molecule has 26 heavy (non-hydrogen) atoms. The Labute approximate surface area is 153 Å². The Morgan fingerprint density at radius 2 is 1.73 bits per heavy atom. The molecular formula is C19H14NO5S-. The Hall–Kier alpha value is -2.93. The molecule has 3 rings (SSSR count). The summed E-state index contributed by atoms with van der Waals surface area (Å²) in [5, 5.41) is 10.5. The smallest absolute Gasteiger partial charge is 0.247 e. The number of hydrogen-bond acceptors (Lipinski definition) is 6. The molecule has 1 heterocycles. The van der Waals surface area contributed by atoms with Crippen molar-refractivity contribution in [1.29, 1.82) is 0 Å². The van der Waals surface area contributed by atoms with Crippen LogP contribution in [0.15, 0.2) is 53.4 Å². The zero-order chi connectivity index (χ0) is 18.8. The lowest BCUT2D eigenvalue weighted by atomic mass is 10.1. The molecule has 1 atom stereocenters. The van der Waals surface area contributed by atoms with Gasteiger partial charge in [0, 0.05) is 22.4 Å². The minimum absolute atomic E-state index is 0.0120. The Bertz CT molecular complexity index is 906. The van der Waals surface area contributed by atoms with E-state index >= 15 is 0 Å². The maximum absolute atomic E-state index is 12.7. The molecule has 1 saturated heterocycles. The maximum atomic E-state index is 12.7. The summed E-state index contributed by atoms with van der Waals surface area (Å²) >= 11 is 1.04. The number of carbonyl (C=O) groups is 4. The number of Topliss-reactive ketones (excluding diaryl/α,β-unsaturated/α-hetero) is 1. The van der Waals surface area contributed by atoms with Gasteiger partial charge in [-0.3, -0.25) is 14.4 Å². The number of amides is 2. The van der Waals surface area contributed by atoms with Crippen LogP contribution in [0.4, 0.5) is 5.69 Å². The van der Waals surface area contributed by atoms with Crippen molar-refractivity contribution in [3.05, 3.63) is 59.7 Å². The van der Waals surface area contributed by atoms with Gasteiger partial charge in [0.1, 0.15) is 0 Å². The molecule has 6 nitrogen and oxygen atoms in total. The summed E-state index contributed by atoms with van der Waals surface area (Å²) < 4.78 is 0. The molecular weight excluding hydrogens is 354 g/mol. The first-order valence-electron chi connectivity index (χ1n) is 7.83. The number of nitrogens with zero attached hydrogens (tertiary/aromatic N) is 1. The first kappa shape index (κ1) is 17.9. The number of carboxylic acid groups (broad SMARTS) is 1. The van der Waals surface area contributed by atoms with Gasteiger partial charge in [0.05, 0.1) is 16.9 Å². The van der Waals surface area contributed by atoms with Gasteiger partial charge in [0.25, 0.3) is 0 Å². The molecule has 7 heteroatoms. The average Bonchev–Trinajstić information content (AvgIpc) is 2.89. The van der Waals surface area contributed by atoms with Crippen LogP contribution in [-0.2, 0) is 9.59 Å². The summed E-state index contributed by atoms with van der Waals surface area (Å²) in [6, 6.07) is 12.4. The molecule has 0 N–H and O–H groups in total. The molecule has 0 aromatic heterocycles. The monoisotopic (exact) mass is 368 g/mol. The molecule has 0 spiro atoms. The lowest BCUT2D eigenvalue weighted by molar-refractivity contribution is -0.255. The average molecular weight is 368 g/mol. The maximum Gasteiger partial charge on any atom is 0.247 e. The number of thioether (sulfide) groups is 1. The fourth-order valence-electron chi connectivity index (χ4n) is 2.70. The number of hydrogen-bond donors (Lipinski definition) is 0. The third-order valence-corrected chi connectivity index (χ3v) is 5.28. The second-order valence-corrected chi connectivity index (χ2v) is 7.01. The van der Waals surface area contributed by atoms with Crippen LogP contribution >= 0.6 is 11.8 Å². The number of aromatic carboxylic acids is 1. The van der Waals surface area contributed by atoms with Crippen molar-refractivity contribution in [2.24, 2.45) is 0 Å². The van der Waals surface area contributed by atoms with Crippen molar-refractivity contribution in [2.75, 3.05) is 4.90 Å². The highest BCUT2D eigenvalue weighted by atomic mass is 32.2. The zero-order valence-electron chi connectivity index (χ0n) is 13.8. The highest BCUT2D eigenvalue weighted by Gasteiger charge is 2.40. The Balaban J connectivity index is 1.83. The van der Waals surface area contributed by atoms with Crippen molar-refractivity contribution in [2.45, 2.75) is 23.5 Å². The van der Waals surface area contributed by atoms with Gasteiger partial charge in [-0.05, 0) is 37.3 Å². The first-order chi connectivity index (χ1) is 12.4. The molecule has 0 saturated carbocycles. The molecule has 1 fully saturated rings. The van der Waals surface area contributed by atoms with Crippen LogP contribution in [0, 0.1) is 0 Å². The van der Waals surface area contributed by atoms with Gasteiger partial charge >= 0.3 is 0 Å². The summed E-state index contributed by atoms with van der Waals surface area (Å²) in [6.45, 7) is 1.43. The summed E-state index contributed by atoms with van der Waals surface area (Å²) in [7, 11) is 0. The number of benzene rings is 2. The van der Waals surface area contributed by atoms with Crippen LogP contribution in [0.5, 0.6) is 0 Å². The predicted octanol–water partition coefficient (Wildman–Crippen LogP) is 1.68. The van der Waals surface area contributed by atoms with Crippen molar-refractivity contribution in [1.82, 2.24) is 0 Å². The van der Waals surface area contributed by atoms with E-state index in [1.54, 1.807) is 42.5 Å². The fourth-order valence-corrected chi connectivity index (χ4v) is 3.88. The van der Waals surface area contributed by atoms with Crippen LogP contribution in [0.2, 0.25) is 0 Å². The largest absolute Gasteiger partial charge is 0.545 e. The third kappa shape index (κ3) is 3.39. The number of rotatable bonds is 5. The molecule has 0 unspecified atom stereocenters. The van der Waals surface area contributed by atoms with Crippen LogP contribution < -0.4 is 10.0 Å². The lowest BCUT2D eigenvalue weighted by Crippen LogP contribution is -2.31. The Morgan fingerprint density at radius 1 is 1.08 bits per heavy atom. The fraction of sp³-hybridized carbons (Fsp3) is 0.158. The van der Waals surface area contributed by atoms with Gasteiger partial charge in [-0.25, -0.2) is 4.90 Å². The molecule has 132 valence electrons. The predicted molar refractivity (Wildman–Crippen MR) is 94.0 cm³/mol. The van der Waals surface area contributed by atoms with Gasteiger partial charge < -0.3 is 9.90 Å². The van der Waals surface area contributed by atoms with Crippen molar-refractivity contribution >= 4 is 41.0 Å². The number of imide groups is 1. The van der Waals surface area contributed by atoms with Crippen LogP contribution in [0.1, 0.15) is 34.1 Å². The van der Waals surface area contributed by atoms with E-state index in [0.717, 1.165) is 16.7 Å². The van der Waals surface area contributed by atoms with E-state index in [2.05, 4.69) is 0 Å². The highest BCUT2D eigenvalue weighted by Crippen LogP contribution is 2.35. The third-order valence-electron chi connectivity index (χ3n) is 4.01. The van der Waals surface area contributed by atoms with Gasteiger partial charge in [0.2, 0.25) is 11.8 Å².